The van der Waals surface area contributed by atoms with E-state index in [-0.39, 0.29) is 22.7 Å². The lowest BCUT2D eigenvalue weighted by Gasteiger charge is -2.16. The van der Waals surface area contributed by atoms with Crippen molar-refractivity contribution >= 4 is 29.4 Å². The normalized spacial score (nSPS) is 13.2. The average molecular weight is 310 g/mol. The predicted octanol–water partition coefficient (Wildman–Crippen LogP) is 1.37. The zero-order chi connectivity index (χ0) is 15.8. The number of nitrogens with one attached hydrogen (secondary N) is 1. The highest BCUT2D eigenvalue weighted by atomic mass is 32.2. The maximum absolute atomic E-state index is 12.0. The van der Waals surface area contributed by atoms with Crippen LogP contribution < -0.4 is 5.32 Å². The first kappa shape index (κ1) is 17.2. The molecular weight excluding hydrogens is 292 g/mol. The number of aliphatic carboxylic acids is 1. The van der Waals surface area contributed by atoms with Gasteiger partial charge >= 0.3 is 5.97 Å². The number of carbonyl (C=O) groups excluding carboxylic acids is 2. The molecule has 1 heterocycles. The smallest absolute Gasteiger partial charge is 0.327 e. The molecule has 1 rings (SSSR count). The molecule has 0 radical (unpaired) electrons. The summed E-state index contributed by atoms with van der Waals surface area (Å²) in [6.07, 6.45) is 3.40. The number of thioether (sulfide) groups is 1. The van der Waals surface area contributed by atoms with Gasteiger partial charge in [-0.05, 0) is 12.1 Å². The molecule has 6 nitrogen and oxygen atoms in total. The van der Waals surface area contributed by atoms with Crippen LogP contribution in [0, 0.1) is 0 Å². The SMILES string of the molecule is CC(=O)N[C@@H](CSC(C)CC(=O)c1cccnc1)C(=O)O. The first-order valence-corrected chi connectivity index (χ1v) is 7.49. The number of hydrogen-bond donors (Lipinski definition) is 2. The monoisotopic (exact) mass is 310 g/mol. The molecule has 0 aliphatic carbocycles. The first-order chi connectivity index (χ1) is 9.90. The lowest BCUT2D eigenvalue weighted by Crippen LogP contribution is -2.41. The van der Waals surface area contributed by atoms with Crippen LogP contribution in [-0.2, 0) is 9.59 Å². The van der Waals surface area contributed by atoms with Gasteiger partial charge in [-0.2, -0.15) is 11.8 Å². The third-order valence-corrected chi connectivity index (χ3v) is 3.94. The number of carboxylic acids is 1. The number of hydrogen-bond acceptors (Lipinski definition) is 5. The van der Waals surface area contributed by atoms with E-state index in [2.05, 4.69) is 10.3 Å². The molecule has 1 aromatic heterocycles. The van der Waals surface area contributed by atoms with Crippen molar-refractivity contribution in [1.82, 2.24) is 10.3 Å². The van der Waals surface area contributed by atoms with Gasteiger partial charge in [-0.1, -0.05) is 6.92 Å². The third kappa shape index (κ3) is 6.40. The van der Waals surface area contributed by atoms with Crippen LogP contribution in [0.25, 0.3) is 0 Å². The number of amides is 1. The Labute approximate surface area is 127 Å². The van der Waals surface area contributed by atoms with Gasteiger partial charge in [0.05, 0.1) is 0 Å². The van der Waals surface area contributed by atoms with Crippen molar-refractivity contribution in [2.24, 2.45) is 0 Å². The van der Waals surface area contributed by atoms with Crippen molar-refractivity contribution in [2.45, 2.75) is 31.6 Å². The van der Waals surface area contributed by atoms with Crippen molar-refractivity contribution in [3.05, 3.63) is 30.1 Å². The fourth-order valence-electron chi connectivity index (χ4n) is 1.65. The van der Waals surface area contributed by atoms with E-state index in [4.69, 9.17) is 5.11 Å². The third-order valence-electron chi connectivity index (χ3n) is 2.68. The minimum absolute atomic E-state index is 0.0329. The second-order valence-corrected chi connectivity index (χ2v) is 6.08. The largest absolute Gasteiger partial charge is 0.480 e. The summed E-state index contributed by atoms with van der Waals surface area (Å²) in [5.74, 6) is -1.28. The van der Waals surface area contributed by atoms with Crippen LogP contribution in [0.2, 0.25) is 0 Å². The van der Waals surface area contributed by atoms with E-state index in [9.17, 15) is 14.4 Å². The van der Waals surface area contributed by atoms with Crippen molar-refractivity contribution in [2.75, 3.05) is 5.75 Å². The highest BCUT2D eigenvalue weighted by Gasteiger charge is 2.20. The molecule has 1 amide bonds. The summed E-state index contributed by atoms with van der Waals surface area (Å²) in [7, 11) is 0. The van der Waals surface area contributed by atoms with Gasteiger partial charge in [0.2, 0.25) is 5.91 Å². The van der Waals surface area contributed by atoms with Crippen molar-refractivity contribution in [3.63, 3.8) is 0 Å². The van der Waals surface area contributed by atoms with E-state index in [1.165, 1.54) is 24.9 Å². The highest BCUT2D eigenvalue weighted by Crippen LogP contribution is 2.18. The van der Waals surface area contributed by atoms with Crippen LogP contribution in [0.5, 0.6) is 0 Å². The van der Waals surface area contributed by atoms with Gasteiger partial charge in [-0.15, -0.1) is 0 Å². The summed E-state index contributed by atoms with van der Waals surface area (Å²) in [6, 6.07) is 2.45. The van der Waals surface area contributed by atoms with E-state index in [1.54, 1.807) is 18.3 Å². The number of nitrogens with zero attached hydrogens (tertiary/aromatic N) is 1. The lowest BCUT2D eigenvalue weighted by molar-refractivity contribution is -0.140. The molecule has 114 valence electrons. The van der Waals surface area contributed by atoms with Crippen LogP contribution in [0.4, 0.5) is 0 Å². The lowest BCUT2D eigenvalue weighted by atomic mass is 10.1. The molecule has 0 saturated heterocycles. The summed E-state index contributed by atoms with van der Waals surface area (Å²) >= 11 is 1.34. The molecule has 0 aliphatic rings. The van der Waals surface area contributed by atoms with Gasteiger partial charge in [-0.25, -0.2) is 4.79 Å². The van der Waals surface area contributed by atoms with E-state index < -0.39 is 12.0 Å². The fraction of sp³-hybridized carbons (Fsp3) is 0.429. The van der Waals surface area contributed by atoms with Gasteiger partial charge in [0.15, 0.2) is 5.78 Å². The minimum Gasteiger partial charge on any atom is -0.480 e. The molecule has 0 saturated carbocycles. The van der Waals surface area contributed by atoms with Gasteiger partial charge < -0.3 is 10.4 Å². The fourth-order valence-corrected chi connectivity index (χ4v) is 2.66. The van der Waals surface area contributed by atoms with Crippen molar-refractivity contribution < 1.29 is 19.5 Å². The molecule has 0 aromatic carbocycles. The van der Waals surface area contributed by atoms with Gasteiger partial charge in [0, 0.05) is 42.3 Å². The first-order valence-electron chi connectivity index (χ1n) is 6.45. The summed E-state index contributed by atoms with van der Waals surface area (Å²) in [5, 5.41) is 11.3. The Balaban J connectivity index is 2.46. The molecule has 0 aliphatic heterocycles. The summed E-state index contributed by atoms with van der Waals surface area (Å²) in [6.45, 7) is 3.13. The maximum atomic E-state index is 12.0. The van der Waals surface area contributed by atoms with Gasteiger partial charge in [-0.3, -0.25) is 14.6 Å². The second kappa shape index (κ2) is 8.41. The Bertz CT molecular complexity index is 507. The van der Waals surface area contributed by atoms with Crippen LogP contribution >= 0.6 is 11.8 Å². The summed E-state index contributed by atoms with van der Waals surface area (Å²) < 4.78 is 0. The maximum Gasteiger partial charge on any atom is 0.327 e. The van der Waals surface area contributed by atoms with E-state index >= 15 is 0 Å². The van der Waals surface area contributed by atoms with Crippen molar-refractivity contribution in [1.29, 1.82) is 0 Å². The number of rotatable bonds is 8. The number of carbonyl (C=O) groups is 3. The highest BCUT2D eigenvalue weighted by molar-refractivity contribution is 7.99. The molecule has 2 N–H and O–H groups in total. The number of carboxylic acid groups (broad SMARTS) is 1. The standard InChI is InChI=1S/C14H18N2O4S/c1-9(6-13(18)11-4-3-5-15-7-11)21-8-12(14(19)20)16-10(2)17/h3-5,7,9,12H,6,8H2,1-2H3,(H,16,17)(H,19,20)/t9?,12-/m0/s1. The van der Waals surface area contributed by atoms with Crippen molar-refractivity contribution in [3.8, 4) is 0 Å². The number of Topliss-reactive ketones (excluding diaryl/α,β-unsaturated/α-hetero) is 1. The second-order valence-electron chi connectivity index (χ2n) is 4.60. The van der Waals surface area contributed by atoms with Crippen LogP contribution in [0.15, 0.2) is 24.5 Å². The molecule has 0 bridgehead atoms. The predicted molar refractivity (Wildman–Crippen MR) is 80.3 cm³/mol. The molecule has 7 heteroatoms. The Hall–Kier alpha value is -1.89. The molecule has 2 atom stereocenters. The average Bonchev–Trinajstić information content (AvgIpc) is 2.43. The molecular formula is C14H18N2O4S. The Morgan fingerprint density at radius 1 is 1.43 bits per heavy atom. The number of pyridine rings is 1. The van der Waals surface area contributed by atoms with Crippen LogP contribution in [0.3, 0.4) is 0 Å². The van der Waals surface area contributed by atoms with Gasteiger partial charge in [0.25, 0.3) is 0 Å². The Morgan fingerprint density at radius 2 is 2.14 bits per heavy atom. The van der Waals surface area contributed by atoms with Gasteiger partial charge in [0.1, 0.15) is 6.04 Å². The quantitative estimate of drug-likeness (QED) is 0.704. The number of ketones is 1. The minimum atomic E-state index is -1.08. The topological polar surface area (TPSA) is 96.4 Å². The van der Waals surface area contributed by atoms with Crippen LogP contribution in [-0.4, -0.2) is 44.8 Å². The molecule has 1 unspecified atom stereocenters. The zero-order valence-electron chi connectivity index (χ0n) is 11.9. The molecule has 1 aromatic rings. The molecule has 21 heavy (non-hydrogen) atoms. The van der Waals surface area contributed by atoms with E-state index in [0.717, 1.165) is 0 Å². The Kier molecular flexibility index (Phi) is 6.87. The molecule has 0 spiro atoms. The Morgan fingerprint density at radius 3 is 2.67 bits per heavy atom. The zero-order valence-corrected chi connectivity index (χ0v) is 12.7. The van der Waals surface area contributed by atoms with E-state index in [0.29, 0.717) is 12.0 Å². The summed E-state index contributed by atoms with van der Waals surface area (Å²) in [5.41, 5.74) is 0.543. The van der Waals surface area contributed by atoms with E-state index in [1.807, 2.05) is 6.92 Å². The van der Waals surface area contributed by atoms with Crippen LogP contribution in [0.1, 0.15) is 30.6 Å². The molecule has 0 fully saturated rings. The summed E-state index contributed by atoms with van der Waals surface area (Å²) in [4.78, 5) is 37.8. The number of aromatic nitrogens is 1.